The second kappa shape index (κ2) is 4.77. The minimum Gasteiger partial charge on any atom is -0.481 e. The Hall–Kier alpha value is -0.870. The Labute approximate surface area is 90.0 Å². The second-order valence-electron chi connectivity index (χ2n) is 4.29. The number of hydrogen-bond donors (Lipinski definition) is 2. The van der Waals surface area contributed by atoms with Gasteiger partial charge in [-0.3, -0.25) is 9.69 Å². The molecule has 1 aliphatic heterocycles. The third kappa shape index (κ3) is 2.58. The topological polar surface area (TPSA) is 52.6 Å². The van der Waals surface area contributed by atoms with Gasteiger partial charge in [0.1, 0.15) is 0 Å². The fourth-order valence-electron chi connectivity index (χ4n) is 2.35. The Balaban J connectivity index is 1.94. The first-order chi connectivity index (χ1) is 7.27. The van der Waals surface area contributed by atoms with Gasteiger partial charge in [0.2, 0.25) is 0 Å². The molecule has 0 amide bonds. The molecule has 0 aromatic rings. The van der Waals surface area contributed by atoms with Crippen LogP contribution in [0.1, 0.15) is 12.8 Å². The normalized spacial score (nSPS) is 32.8. The first kappa shape index (κ1) is 10.6. The zero-order valence-corrected chi connectivity index (χ0v) is 8.85. The van der Waals surface area contributed by atoms with Crippen LogP contribution in [0.25, 0.3) is 0 Å². The highest BCUT2D eigenvalue weighted by Crippen LogP contribution is 2.22. The van der Waals surface area contributed by atoms with E-state index in [0.717, 1.165) is 32.6 Å². The molecule has 0 aromatic heterocycles. The minimum absolute atomic E-state index is 0.185. The molecule has 1 aliphatic carbocycles. The van der Waals surface area contributed by atoms with Gasteiger partial charge in [-0.1, -0.05) is 12.2 Å². The van der Waals surface area contributed by atoms with E-state index in [2.05, 4.69) is 16.3 Å². The van der Waals surface area contributed by atoms with Crippen LogP contribution in [0.2, 0.25) is 0 Å². The van der Waals surface area contributed by atoms with Gasteiger partial charge in [-0.05, 0) is 12.8 Å². The minimum atomic E-state index is -0.653. The Morgan fingerprint density at radius 3 is 2.80 bits per heavy atom. The molecule has 2 atom stereocenters. The van der Waals surface area contributed by atoms with Crippen LogP contribution in [0.4, 0.5) is 0 Å². The van der Waals surface area contributed by atoms with Crippen molar-refractivity contribution in [2.24, 2.45) is 5.92 Å². The van der Waals surface area contributed by atoms with Gasteiger partial charge in [0.25, 0.3) is 0 Å². The lowest BCUT2D eigenvalue weighted by atomic mass is 9.90. The summed E-state index contributed by atoms with van der Waals surface area (Å²) in [7, 11) is 0. The van der Waals surface area contributed by atoms with Crippen molar-refractivity contribution in [3.8, 4) is 0 Å². The molecule has 1 fully saturated rings. The molecule has 2 aliphatic rings. The van der Waals surface area contributed by atoms with E-state index in [1.165, 1.54) is 0 Å². The standard InChI is InChI=1S/C11H18N2O2/c14-11(15)9-2-1-3-10(8-9)13-6-4-12-5-7-13/h1,3,9-10,12H,2,4-8H2,(H,14,15)/t9?,10-/m0/s1. The predicted molar refractivity (Wildman–Crippen MR) is 57.7 cm³/mol. The lowest BCUT2D eigenvalue weighted by Gasteiger charge is -2.36. The number of carboxylic acids is 1. The number of nitrogens with one attached hydrogen (secondary N) is 1. The fourth-order valence-corrected chi connectivity index (χ4v) is 2.35. The van der Waals surface area contributed by atoms with Crippen LogP contribution >= 0.6 is 0 Å². The molecule has 1 heterocycles. The number of carboxylic acid groups (broad SMARTS) is 1. The molecule has 0 aromatic carbocycles. The van der Waals surface area contributed by atoms with Crippen LogP contribution in [0, 0.1) is 5.92 Å². The SMILES string of the molecule is O=C(O)C1CC=C[C@H](N2CCNCC2)C1. The molecule has 0 bridgehead atoms. The van der Waals surface area contributed by atoms with Crippen LogP contribution in [-0.4, -0.2) is 48.2 Å². The Bertz CT molecular complexity index is 259. The van der Waals surface area contributed by atoms with E-state index in [4.69, 9.17) is 5.11 Å². The fraction of sp³-hybridized carbons (Fsp3) is 0.727. The van der Waals surface area contributed by atoms with Gasteiger partial charge in [0.05, 0.1) is 5.92 Å². The summed E-state index contributed by atoms with van der Waals surface area (Å²) in [4.78, 5) is 13.3. The lowest BCUT2D eigenvalue weighted by molar-refractivity contribution is -0.142. The summed E-state index contributed by atoms with van der Waals surface area (Å²) in [6, 6.07) is 0.335. The van der Waals surface area contributed by atoms with Crippen molar-refractivity contribution in [1.82, 2.24) is 10.2 Å². The highest BCUT2D eigenvalue weighted by atomic mass is 16.4. The van der Waals surface area contributed by atoms with Crippen LogP contribution in [-0.2, 0) is 4.79 Å². The monoisotopic (exact) mass is 210 g/mol. The van der Waals surface area contributed by atoms with Gasteiger partial charge in [-0.25, -0.2) is 0 Å². The van der Waals surface area contributed by atoms with Crippen LogP contribution in [0.3, 0.4) is 0 Å². The van der Waals surface area contributed by atoms with Gasteiger partial charge in [-0.15, -0.1) is 0 Å². The molecule has 1 saturated heterocycles. The third-order valence-electron chi connectivity index (χ3n) is 3.27. The van der Waals surface area contributed by atoms with E-state index >= 15 is 0 Å². The first-order valence-corrected chi connectivity index (χ1v) is 5.61. The van der Waals surface area contributed by atoms with E-state index in [0.29, 0.717) is 12.5 Å². The molecule has 0 radical (unpaired) electrons. The van der Waals surface area contributed by atoms with Crippen molar-refractivity contribution in [3.05, 3.63) is 12.2 Å². The first-order valence-electron chi connectivity index (χ1n) is 5.61. The molecular weight excluding hydrogens is 192 g/mol. The highest BCUT2D eigenvalue weighted by Gasteiger charge is 2.27. The number of carbonyl (C=O) groups is 1. The molecule has 0 saturated carbocycles. The maximum absolute atomic E-state index is 10.9. The quantitative estimate of drug-likeness (QED) is 0.644. The van der Waals surface area contributed by atoms with Gasteiger partial charge < -0.3 is 10.4 Å². The molecule has 4 nitrogen and oxygen atoms in total. The Morgan fingerprint density at radius 2 is 2.13 bits per heavy atom. The van der Waals surface area contributed by atoms with Gasteiger partial charge in [0.15, 0.2) is 0 Å². The number of nitrogens with zero attached hydrogens (tertiary/aromatic N) is 1. The number of hydrogen-bond acceptors (Lipinski definition) is 3. The summed E-state index contributed by atoms with van der Waals surface area (Å²) in [6.07, 6.45) is 5.66. The number of piperazine rings is 1. The average molecular weight is 210 g/mol. The van der Waals surface area contributed by atoms with Crippen LogP contribution < -0.4 is 5.32 Å². The number of allylic oxidation sites excluding steroid dienone is 1. The maximum Gasteiger partial charge on any atom is 0.306 e. The smallest absolute Gasteiger partial charge is 0.306 e. The Kier molecular flexibility index (Phi) is 3.38. The van der Waals surface area contributed by atoms with E-state index < -0.39 is 5.97 Å². The van der Waals surface area contributed by atoms with E-state index in [1.807, 2.05) is 6.08 Å². The van der Waals surface area contributed by atoms with Crippen molar-refractivity contribution in [3.63, 3.8) is 0 Å². The lowest BCUT2D eigenvalue weighted by Crippen LogP contribution is -2.49. The van der Waals surface area contributed by atoms with Crippen molar-refractivity contribution in [2.45, 2.75) is 18.9 Å². The van der Waals surface area contributed by atoms with Gasteiger partial charge in [-0.2, -0.15) is 0 Å². The summed E-state index contributed by atoms with van der Waals surface area (Å²) in [6.45, 7) is 4.09. The molecule has 84 valence electrons. The molecule has 2 N–H and O–H groups in total. The summed E-state index contributed by atoms with van der Waals surface area (Å²) >= 11 is 0. The summed E-state index contributed by atoms with van der Waals surface area (Å²) in [5.74, 6) is -0.839. The van der Waals surface area contributed by atoms with Crippen LogP contribution in [0.5, 0.6) is 0 Å². The third-order valence-corrected chi connectivity index (χ3v) is 3.27. The zero-order chi connectivity index (χ0) is 10.7. The molecule has 1 unspecified atom stereocenters. The average Bonchev–Trinajstić information content (AvgIpc) is 2.30. The molecule has 2 rings (SSSR count). The van der Waals surface area contributed by atoms with E-state index in [9.17, 15) is 4.79 Å². The van der Waals surface area contributed by atoms with Crippen molar-refractivity contribution in [1.29, 1.82) is 0 Å². The summed E-state index contributed by atoms with van der Waals surface area (Å²) in [5, 5.41) is 12.3. The van der Waals surface area contributed by atoms with E-state index in [1.54, 1.807) is 0 Å². The van der Waals surface area contributed by atoms with Crippen molar-refractivity contribution < 1.29 is 9.90 Å². The van der Waals surface area contributed by atoms with Crippen molar-refractivity contribution >= 4 is 5.97 Å². The Morgan fingerprint density at radius 1 is 1.40 bits per heavy atom. The van der Waals surface area contributed by atoms with Crippen LogP contribution in [0.15, 0.2) is 12.2 Å². The number of rotatable bonds is 2. The largest absolute Gasteiger partial charge is 0.481 e. The predicted octanol–water partition coefficient (Wildman–Crippen LogP) is 0.311. The molecule has 0 spiro atoms. The van der Waals surface area contributed by atoms with Crippen molar-refractivity contribution in [2.75, 3.05) is 26.2 Å². The van der Waals surface area contributed by atoms with Gasteiger partial charge in [0, 0.05) is 32.2 Å². The second-order valence-corrected chi connectivity index (χ2v) is 4.29. The number of aliphatic carboxylic acids is 1. The zero-order valence-electron chi connectivity index (χ0n) is 8.85. The highest BCUT2D eigenvalue weighted by molar-refractivity contribution is 5.70. The molecule has 15 heavy (non-hydrogen) atoms. The summed E-state index contributed by atoms with van der Waals surface area (Å²) < 4.78 is 0. The van der Waals surface area contributed by atoms with Gasteiger partial charge >= 0.3 is 5.97 Å². The van der Waals surface area contributed by atoms with E-state index in [-0.39, 0.29) is 5.92 Å². The molecular formula is C11H18N2O2. The maximum atomic E-state index is 10.9. The molecule has 4 heteroatoms. The summed E-state index contributed by atoms with van der Waals surface area (Å²) in [5.41, 5.74) is 0.